The van der Waals surface area contributed by atoms with E-state index in [1.807, 2.05) is 16.8 Å². The summed E-state index contributed by atoms with van der Waals surface area (Å²) in [5.41, 5.74) is 2.49. The fourth-order valence-corrected chi connectivity index (χ4v) is 3.48. The van der Waals surface area contributed by atoms with Gasteiger partial charge < -0.3 is 15.3 Å². The van der Waals surface area contributed by atoms with Gasteiger partial charge in [-0.05, 0) is 42.9 Å². The molecular formula is C21H33N3O3. The van der Waals surface area contributed by atoms with Crippen molar-refractivity contribution in [1.82, 2.24) is 15.1 Å². The highest BCUT2D eigenvalue weighted by Crippen LogP contribution is 2.22. The number of amides is 2. The molecule has 6 heteroatoms. The van der Waals surface area contributed by atoms with E-state index in [0.29, 0.717) is 19.6 Å². The first-order valence-corrected chi connectivity index (χ1v) is 9.71. The lowest BCUT2D eigenvalue weighted by Crippen LogP contribution is -2.41. The highest BCUT2D eigenvalue weighted by molar-refractivity contribution is 5.74. The van der Waals surface area contributed by atoms with Gasteiger partial charge >= 0.3 is 12.0 Å². The molecule has 27 heavy (non-hydrogen) atoms. The lowest BCUT2D eigenvalue weighted by molar-refractivity contribution is -0.138. The van der Waals surface area contributed by atoms with Gasteiger partial charge in [-0.2, -0.15) is 0 Å². The predicted octanol–water partition coefficient (Wildman–Crippen LogP) is 3.06. The summed E-state index contributed by atoms with van der Waals surface area (Å²) >= 11 is 0. The van der Waals surface area contributed by atoms with E-state index < -0.39 is 5.97 Å². The number of nitrogens with zero attached hydrogens (tertiary/aromatic N) is 2. The summed E-state index contributed by atoms with van der Waals surface area (Å²) < 4.78 is 0. The van der Waals surface area contributed by atoms with Crippen LogP contribution in [0.2, 0.25) is 0 Å². The van der Waals surface area contributed by atoms with Gasteiger partial charge in [0.2, 0.25) is 0 Å². The highest BCUT2D eigenvalue weighted by atomic mass is 16.4. The summed E-state index contributed by atoms with van der Waals surface area (Å²) in [6, 6.07) is 8.55. The van der Waals surface area contributed by atoms with Crippen LogP contribution < -0.4 is 5.32 Å². The number of hydrogen-bond acceptors (Lipinski definition) is 3. The molecule has 0 bridgehead atoms. The lowest BCUT2D eigenvalue weighted by Gasteiger charge is -2.25. The van der Waals surface area contributed by atoms with Gasteiger partial charge in [0.15, 0.2) is 0 Å². The first kappa shape index (κ1) is 21.2. The van der Waals surface area contributed by atoms with Gasteiger partial charge in [0, 0.05) is 25.7 Å². The molecule has 0 aliphatic carbocycles. The third-order valence-corrected chi connectivity index (χ3v) is 5.26. The Hall–Kier alpha value is -2.08. The fraction of sp³-hybridized carbons (Fsp3) is 0.619. The zero-order chi connectivity index (χ0) is 20.0. The maximum Gasteiger partial charge on any atom is 0.317 e. The van der Waals surface area contributed by atoms with Gasteiger partial charge in [-0.3, -0.25) is 9.69 Å². The molecule has 0 radical (unpaired) electrons. The molecule has 2 N–H and O–H groups in total. The van der Waals surface area contributed by atoms with Crippen LogP contribution in [0, 0.1) is 0 Å². The van der Waals surface area contributed by atoms with Crippen molar-refractivity contribution in [2.24, 2.45) is 0 Å². The van der Waals surface area contributed by atoms with Crippen molar-refractivity contribution in [3.8, 4) is 0 Å². The predicted molar refractivity (Wildman–Crippen MR) is 107 cm³/mol. The summed E-state index contributed by atoms with van der Waals surface area (Å²) in [7, 11) is 1.84. The van der Waals surface area contributed by atoms with Crippen molar-refractivity contribution in [2.75, 3.05) is 26.7 Å². The number of benzene rings is 1. The summed E-state index contributed by atoms with van der Waals surface area (Å²) in [4.78, 5) is 27.1. The van der Waals surface area contributed by atoms with Crippen LogP contribution in [0.25, 0.3) is 0 Å². The number of aliphatic carboxylic acids is 1. The monoisotopic (exact) mass is 375 g/mol. The number of rotatable bonds is 5. The van der Waals surface area contributed by atoms with Crippen LogP contribution in [0.1, 0.15) is 51.2 Å². The molecule has 2 rings (SSSR count). The van der Waals surface area contributed by atoms with Crippen molar-refractivity contribution < 1.29 is 14.7 Å². The molecule has 0 spiro atoms. The third kappa shape index (κ3) is 6.54. The van der Waals surface area contributed by atoms with Gasteiger partial charge in [-0.1, -0.05) is 45.0 Å². The molecule has 1 aliphatic heterocycles. The Morgan fingerprint density at radius 3 is 2.44 bits per heavy atom. The second-order valence-corrected chi connectivity index (χ2v) is 8.49. The minimum atomic E-state index is -0.811. The van der Waals surface area contributed by atoms with Crippen molar-refractivity contribution in [2.45, 2.75) is 58.0 Å². The van der Waals surface area contributed by atoms with Crippen LogP contribution in [-0.2, 0) is 16.8 Å². The van der Waals surface area contributed by atoms with E-state index in [4.69, 9.17) is 5.11 Å². The third-order valence-electron chi connectivity index (χ3n) is 5.26. The number of carbonyl (C=O) groups is 2. The van der Waals surface area contributed by atoms with Crippen LogP contribution in [0.5, 0.6) is 0 Å². The summed E-state index contributed by atoms with van der Waals surface area (Å²) in [6.07, 6.45) is 2.61. The Kier molecular flexibility index (Phi) is 7.25. The van der Waals surface area contributed by atoms with E-state index in [9.17, 15) is 9.59 Å². The largest absolute Gasteiger partial charge is 0.480 e. The summed E-state index contributed by atoms with van der Waals surface area (Å²) in [5.74, 6) is -0.811. The average Bonchev–Trinajstić information content (AvgIpc) is 2.85. The molecule has 150 valence electrons. The SMILES string of the molecule is CN(CC(=O)O)C1CCCN(C(=O)NCc2ccc(C(C)(C)C)cc2)CC1. The van der Waals surface area contributed by atoms with Gasteiger partial charge in [0.1, 0.15) is 0 Å². The van der Waals surface area contributed by atoms with Crippen molar-refractivity contribution in [3.05, 3.63) is 35.4 Å². The zero-order valence-electron chi connectivity index (χ0n) is 17.0. The summed E-state index contributed by atoms with van der Waals surface area (Å²) in [6.45, 7) is 8.48. The molecule has 1 heterocycles. The molecule has 1 aromatic carbocycles. The Morgan fingerprint density at radius 1 is 1.19 bits per heavy atom. The topological polar surface area (TPSA) is 72.9 Å². The number of likely N-dealkylation sites (tertiary alicyclic amines) is 1. The normalized spacial score (nSPS) is 18.3. The first-order valence-electron chi connectivity index (χ1n) is 9.71. The van der Waals surface area contributed by atoms with Crippen LogP contribution >= 0.6 is 0 Å². The standard InChI is InChI=1S/C21H33N3O3/c1-21(2,3)17-9-7-16(8-10-17)14-22-20(27)24-12-5-6-18(11-13-24)23(4)15-19(25)26/h7-10,18H,5-6,11-15H2,1-4H3,(H,22,27)(H,25,26). The van der Waals surface area contributed by atoms with Crippen LogP contribution in [-0.4, -0.2) is 59.6 Å². The summed E-state index contributed by atoms with van der Waals surface area (Å²) in [5, 5.41) is 12.0. The van der Waals surface area contributed by atoms with Crippen LogP contribution in [0.15, 0.2) is 24.3 Å². The van der Waals surface area contributed by atoms with Gasteiger partial charge in [0.25, 0.3) is 0 Å². The molecule has 1 aromatic rings. The van der Waals surface area contributed by atoms with Crippen molar-refractivity contribution in [3.63, 3.8) is 0 Å². The Morgan fingerprint density at radius 2 is 1.85 bits per heavy atom. The van der Waals surface area contributed by atoms with Gasteiger partial charge in [0.05, 0.1) is 6.54 Å². The van der Waals surface area contributed by atoms with Crippen molar-refractivity contribution >= 4 is 12.0 Å². The van der Waals surface area contributed by atoms with Crippen molar-refractivity contribution in [1.29, 1.82) is 0 Å². The molecule has 1 saturated heterocycles. The molecule has 1 unspecified atom stereocenters. The second kappa shape index (κ2) is 9.22. The second-order valence-electron chi connectivity index (χ2n) is 8.49. The molecular weight excluding hydrogens is 342 g/mol. The number of carboxylic acids is 1. The van der Waals surface area contributed by atoms with E-state index in [1.165, 1.54) is 5.56 Å². The number of likely N-dealkylation sites (N-methyl/N-ethyl adjacent to an activating group) is 1. The molecule has 1 aliphatic rings. The van der Waals surface area contributed by atoms with Crippen LogP contribution in [0.4, 0.5) is 4.79 Å². The van der Waals surface area contributed by atoms with E-state index >= 15 is 0 Å². The Labute approximate surface area is 162 Å². The minimum absolute atomic E-state index is 0.0431. The molecule has 0 saturated carbocycles. The van der Waals surface area contributed by atoms with Gasteiger partial charge in [-0.15, -0.1) is 0 Å². The Bertz CT molecular complexity index is 637. The van der Waals surface area contributed by atoms with Crippen LogP contribution in [0.3, 0.4) is 0 Å². The van der Waals surface area contributed by atoms with E-state index in [0.717, 1.165) is 24.8 Å². The van der Waals surface area contributed by atoms with E-state index in [2.05, 4.69) is 50.4 Å². The lowest BCUT2D eigenvalue weighted by atomic mass is 9.87. The number of nitrogens with one attached hydrogen (secondary N) is 1. The number of hydrogen-bond donors (Lipinski definition) is 2. The fourth-order valence-electron chi connectivity index (χ4n) is 3.48. The maximum atomic E-state index is 12.5. The molecule has 2 amide bonds. The molecule has 0 aromatic heterocycles. The van der Waals surface area contributed by atoms with E-state index in [-0.39, 0.29) is 24.0 Å². The molecule has 6 nitrogen and oxygen atoms in total. The Balaban J connectivity index is 1.83. The molecule has 1 atom stereocenters. The average molecular weight is 376 g/mol. The zero-order valence-corrected chi connectivity index (χ0v) is 17.0. The number of carboxylic acid groups (broad SMARTS) is 1. The minimum Gasteiger partial charge on any atom is -0.480 e. The first-order chi connectivity index (χ1) is 12.7. The highest BCUT2D eigenvalue weighted by Gasteiger charge is 2.24. The van der Waals surface area contributed by atoms with E-state index in [1.54, 1.807) is 0 Å². The number of urea groups is 1. The smallest absolute Gasteiger partial charge is 0.317 e. The molecule has 1 fully saturated rings. The number of carbonyl (C=O) groups excluding carboxylic acids is 1. The van der Waals surface area contributed by atoms with Gasteiger partial charge in [-0.25, -0.2) is 4.79 Å². The maximum absolute atomic E-state index is 12.5. The quantitative estimate of drug-likeness (QED) is 0.830.